The summed E-state index contributed by atoms with van der Waals surface area (Å²) in [7, 11) is 0.202. The summed E-state index contributed by atoms with van der Waals surface area (Å²) in [5.41, 5.74) is 7.16. The van der Waals surface area contributed by atoms with Crippen molar-refractivity contribution in [2.75, 3.05) is 7.11 Å². The lowest BCUT2D eigenvalue weighted by Crippen LogP contribution is -2.33. The number of fused-ring (bicyclic) bond motifs is 5. The van der Waals surface area contributed by atoms with E-state index < -0.39 is 8.24 Å². The van der Waals surface area contributed by atoms with Crippen LogP contribution in [0.5, 0.6) is 5.75 Å². The predicted octanol–water partition coefficient (Wildman–Crippen LogP) is 5.33. The number of hydrogen-bond donors (Lipinski definition) is 0. The lowest BCUT2D eigenvalue weighted by molar-refractivity contribution is 0.415. The van der Waals surface area contributed by atoms with Crippen LogP contribution in [0.4, 0.5) is 0 Å². The molecule has 0 saturated carbocycles. The molecule has 2 aliphatic rings. The minimum atomic E-state index is -1.54. The zero-order chi connectivity index (χ0) is 16.4. The summed E-state index contributed by atoms with van der Waals surface area (Å²) >= 11 is 0. The summed E-state index contributed by atoms with van der Waals surface area (Å²) < 4.78 is 8.13. The fourth-order valence-electron chi connectivity index (χ4n) is 4.09. The van der Waals surface area contributed by atoms with Gasteiger partial charge in [-0.1, -0.05) is 43.9 Å². The Bertz CT molecular complexity index is 906. The zero-order valence-corrected chi connectivity index (χ0v) is 15.5. The van der Waals surface area contributed by atoms with Crippen LogP contribution >= 0.6 is 0 Å². The normalized spacial score (nSPS) is 19.4. The average molecular weight is 321 g/mol. The second-order valence-electron chi connectivity index (χ2n) is 7.45. The highest BCUT2D eigenvalue weighted by Gasteiger charge is 2.36. The highest BCUT2D eigenvalue weighted by molar-refractivity contribution is 6.75. The maximum atomic E-state index is 5.50. The fourth-order valence-corrected chi connectivity index (χ4v) is 5.97. The van der Waals surface area contributed by atoms with Gasteiger partial charge in [0, 0.05) is 22.5 Å². The molecule has 1 unspecified atom stereocenters. The molecule has 2 aromatic rings. The van der Waals surface area contributed by atoms with Crippen LogP contribution in [-0.2, 0) is 0 Å². The minimum absolute atomic E-state index is 0.391. The molecule has 0 fully saturated rings. The molecule has 1 heterocycles. The van der Waals surface area contributed by atoms with E-state index in [2.05, 4.69) is 73.3 Å². The van der Waals surface area contributed by atoms with E-state index in [0.29, 0.717) is 5.92 Å². The Morgan fingerprint density at radius 1 is 1.13 bits per heavy atom. The van der Waals surface area contributed by atoms with E-state index in [-0.39, 0.29) is 0 Å². The molecule has 3 heteroatoms. The van der Waals surface area contributed by atoms with Crippen molar-refractivity contribution in [1.29, 1.82) is 0 Å². The number of methoxy groups -OCH3 is 1. The number of nitrogens with zero attached hydrogens (tertiary/aromatic N) is 1. The van der Waals surface area contributed by atoms with E-state index in [1.807, 2.05) is 0 Å². The molecular weight excluding hydrogens is 298 g/mol. The Hall–Kier alpha value is -2.00. The second-order valence-corrected chi connectivity index (χ2v) is 12.2. The summed E-state index contributed by atoms with van der Waals surface area (Å²) in [6.45, 7) is 9.54. The van der Waals surface area contributed by atoms with Gasteiger partial charge in [-0.2, -0.15) is 0 Å². The van der Waals surface area contributed by atoms with E-state index >= 15 is 0 Å². The topological polar surface area (TPSA) is 14.2 Å². The van der Waals surface area contributed by atoms with E-state index in [1.54, 1.807) is 7.11 Å². The third kappa shape index (κ3) is 1.93. The monoisotopic (exact) mass is 321 g/mol. The standard InChI is InChI=1S/C20H23NOSi/c1-13-15-8-6-7-9-16(15)19-17-12-14(22-2)10-11-18(17)21(20(13)19)23(3,4)5/h6-12,16H,1-5H3. The Morgan fingerprint density at radius 3 is 2.61 bits per heavy atom. The van der Waals surface area contributed by atoms with E-state index in [4.69, 9.17) is 4.74 Å². The van der Waals surface area contributed by atoms with Crippen LogP contribution in [0.25, 0.3) is 16.5 Å². The maximum absolute atomic E-state index is 5.50. The van der Waals surface area contributed by atoms with Crippen molar-refractivity contribution in [2.24, 2.45) is 0 Å². The molecule has 118 valence electrons. The number of rotatable bonds is 2. The third-order valence-electron chi connectivity index (χ3n) is 5.01. The molecule has 0 aliphatic heterocycles. The van der Waals surface area contributed by atoms with Crippen LogP contribution in [-0.4, -0.2) is 19.6 Å². The van der Waals surface area contributed by atoms with Crippen molar-refractivity contribution in [3.8, 4) is 5.75 Å². The summed E-state index contributed by atoms with van der Waals surface area (Å²) in [6.07, 6.45) is 8.94. The van der Waals surface area contributed by atoms with Crippen molar-refractivity contribution >= 4 is 24.7 Å². The largest absolute Gasteiger partial charge is 0.497 e. The van der Waals surface area contributed by atoms with Gasteiger partial charge in [0.15, 0.2) is 8.24 Å². The summed E-state index contributed by atoms with van der Waals surface area (Å²) in [6, 6.07) is 6.54. The molecule has 2 nitrogen and oxygen atoms in total. The van der Waals surface area contributed by atoms with Gasteiger partial charge in [0.25, 0.3) is 0 Å². The number of allylic oxidation sites excluding steroid dienone is 6. The smallest absolute Gasteiger partial charge is 0.153 e. The Morgan fingerprint density at radius 2 is 1.91 bits per heavy atom. The molecule has 1 aromatic carbocycles. The van der Waals surface area contributed by atoms with Gasteiger partial charge >= 0.3 is 0 Å². The molecule has 2 aliphatic carbocycles. The van der Waals surface area contributed by atoms with Gasteiger partial charge in [-0.3, -0.25) is 0 Å². The quantitative estimate of drug-likeness (QED) is 0.682. The van der Waals surface area contributed by atoms with Crippen LogP contribution in [0.15, 0.2) is 48.1 Å². The average Bonchev–Trinajstić information content (AvgIpc) is 3.01. The van der Waals surface area contributed by atoms with Gasteiger partial charge in [-0.05, 0) is 41.8 Å². The molecule has 0 saturated heterocycles. The fraction of sp³-hybridized carbons (Fsp3) is 0.300. The summed E-state index contributed by atoms with van der Waals surface area (Å²) in [4.78, 5) is 0. The van der Waals surface area contributed by atoms with Crippen molar-refractivity contribution < 1.29 is 4.74 Å². The molecule has 0 bridgehead atoms. The van der Waals surface area contributed by atoms with Crippen LogP contribution in [0, 0.1) is 0 Å². The van der Waals surface area contributed by atoms with Crippen LogP contribution in [0.3, 0.4) is 0 Å². The first-order valence-electron chi connectivity index (χ1n) is 8.22. The molecule has 1 aromatic heterocycles. The SMILES string of the molecule is COc1ccc2c(c1)c1c(n2[Si](C)(C)C)C(C)=C2C=CC=CC21. The van der Waals surface area contributed by atoms with E-state index in [1.165, 1.54) is 33.3 Å². The molecule has 23 heavy (non-hydrogen) atoms. The second kappa shape index (κ2) is 4.75. The highest BCUT2D eigenvalue weighted by Crippen LogP contribution is 2.50. The summed E-state index contributed by atoms with van der Waals surface area (Å²) in [5.74, 6) is 1.33. The number of aromatic nitrogens is 1. The molecule has 4 rings (SSSR count). The van der Waals surface area contributed by atoms with Crippen LogP contribution in [0.2, 0.25) is 19.6 Å². The van der Waals surface area contributed by atoms with Gasteiger partial charge < -0.3 is 8.97 Å². The van der Waals surface area contributed by atoms with Gasteiger partial charge in [0.1, 0.15) is 5.75 Å². The first-order valence-corrected chi connectivity index (χ1v) is 11.7. The van der Waals surface area contributed by atoms with Crippen molar-refractivity contribution in [3.63, 3.8) is 0 Å². The first kappa shape index (κ1) is 14.6. The van der Waals surface area contributed by atoms with Crippen molar-refractivity contribution in [3.05, 3.63) is 59.3 Å². The molecule has 0 amide bonds. The third-order valence-corrected chi connectivity index (χ3v) is 6.82. The van der Waals surface area contributed by atoms with Gasteiger partial charge in [-0.15, -0.1) is 0 Å². The van der Waals surface area contributed by atoms with Crippen LogP contribution in [0.1, 0.15) is 24.1 Å². The van der Waals surface area contributed by atoms with Gasteiger partial charge in [-0.25, -0.2) is 0 Å². The molecule has 1 atom stereocenters. The van der Waals surface area contributed by atoms with E-state index in [0.717, 1.165) is 5.75 Å². The Kier molecular flexibility index (Phi) is 3.01. The Labute approximate surface area is 138 Å². The zero-order valence-electron chi connectivity index (χ0n) is 14.5. The van der Waals surface area contributed by atoms with Gasteiger partial charge in [0.2, 0.25) is 0 Å². The van der Waals surface area contributed by atoms with Crippen molar-refractivity contribution in [2.45, 2.75) is 32.5 Å². The maximum Gasteiger partial charge on any atom is 0.153 e. The lowest BCUT2D eigenvalue weighted by atomic mass is 9.91. The molecule has 0 spiro atoms. The molecule has 0 N–H and O–H groups in total. The minimum Gasteiger partial charge on any atom is -0.497 e. The number of hydrogen-bond acceptors (Lipinski definition) is 1. The highest BCUT2D eigenvalue weighted by atomic mass is 28.3. The van der Waals surface area contributed by atoms with Gasteiger partial charge in [0.05, 0.1) is 7.11 Å². The summed E-state index contributed by atoms with van der Waals surface area (Å²) in [5, 5.41) is 1.35. The van der Waals surface area contributed by atoms with E-state index in [9.17, 15) is 0 Å². The van der Waals surface area contributed by atoms with Crippen molar-refractivity contribution in [1.82, 2.24) is 4.23 Å². The Balaban J connectivity index is 2.14. The first-order chi connectivity index (χ1) is 10.9. The lowest BCUT2D eigenvalue weighted by Gasteiger charge is -2.24. The van der Waals surface area contributed by atoms with Crippen LogP contribution < -0.4 is 4.74 Å². The number of ether oxygens (including phenoxy) is 1. The molecule has 0 radical (unpaired) electrons. The predicted molar refractivity (Wildman–Crippen MR) is 101 cm³/mol. The molecular formula is C20H23NOSi. The number of benzene rings is 1.